The van der Waals surface area contributed by atoms with Crippen LogP contribution in [0, 0.1) is 0 Å². The number of hydrogen-bond acceptors (Lipinski definition) is 3. The van der Waals surface area contributed by atoms with Crippen molar-refractivity contribution in [3.63, 3.8) is 0 Å². The summed E-state index contributed by atoms with van der Waals surface area (Å²) in [5.41, 5.74) is 1.00. The van der Waals surface area contributed by atoms with Gasteiger partial charge in [-0.1, -0.05) is 15.9 Å². The summed E-state index contributed by atoms with van der Waals surface area (Å²) in [4.78, 5) is 0. The molecule has 0 saturated heterocycles. The molecule has 1 rings (SSSR count). The van der Waals surface area contributed by atoms with E-state index in [2.05, 4.69) is 24.7 Å². The molecule has 1 heterocycles. The zero-order valence-electron chi connectivity index (χ0n) is 3.47. The Bertz CT molecular complexity index is 127. The molecule has 0 spiro atoms. The van der Waals surface area contributed by atoms with Gasteiger partial charge in [-0.25, -0.2) is 0 Å². The van der Waals surface area contributed by atoms with Crippen LogP contribution in [-0.4, -0.2) is 8.75 Å². The molecular formula is C3H3BrN2S. The number of rotatable bonds is 1. The normalized spacial score (nSPS) is 9.29. The summed E-state index contributed by atoms with van der Waals surface area (Å²) in [5, 5.41) is 0.809. The van der Waals surface area contributed by atoms with Crippen LogP contribution in [0.25, 0.3) is 0 Å². The first-order chi connectivity index (χ1) is 3.43. The van der Waals surface area contributed by atoms with Crippen molar-refractivity contribution >= 4 is 27.7 Å². The van der Waals surface area contributed by atoms with Gasteiger partial charge in [-0.3, -0.25) is 0 Å². The highest BCUT2D eigenvalue weighted by molar-refractivity contribution is 9.08. The lowest BCUT2D eigenvalue weighted by molar-refractivity contribution is 1.30. The third-order valence-electron chi connectivity index (χ3n) is 0.544. The highest BCUT2D eigenvalue weighted by Crippen LogP contribution is 1.99. The molecule has 38 valence electrons. The second-order valence-electron chi connectivity index (χ2n) is 1.03. The first-order valence-corrected chi connectivity index (χ1v) is 3.61. The van der Waals surface area contributed by atoms with Crippen molar-refractivity contribution in [1.29, 1.82) is 0 Å². The number of aromatic nitrogens is 2. The maximum absolute atomic E-state index is 3.92. The van der Waals surface area contributed by atoms with Gasteiger partial charge < -0.3 is 0 Å². The van der Waals surface area contributed by atoms with Crippen LogP contribution in [0.1, 0.15) is 5.69 Å². The Morgan fingerprint density at radius 1 is 1.86 bits per heavy atom. The van der Waals surface area contributed by atoms with Gasteiger partial charge in [-0.15, -0.1) is 0 Å². The molecule has 0 saturated carbocycles. The lowest BCUT2D eigenvalue weighted by atomic mass is 10.6. The summed E-state index contributed by atoms with van der Waals surface area (Å²) in [5.74, 6) is 0. The van der Waals surface area contributed by atoms with Crippen LogP contribution in [0.5, 0.6) is 0 Å². The van der Waals surface area contributed by atoms with E-state index in [1.165, 1.54) is 11.7 Å². The molecule has 0 radical (unpaired) electrons. The Labute approximate surface area is 54.0 Å². The van der Waals surface area contributed by atoms with Gasteiger partial charge in [-0.05, 0) is 0 Å². The molecular weight excluding hydrogens is 176 g/mol. The van der Waals surface area contributed by atoms with E-state index in [0.29, 0.717) is 0 Å². The van der Waals surface area contributed by atoms with E-state index in [4.69, 9.17) is 0 Å². The van der Waals surface area contributed by atoms with Crippen molar-refractivity contribution in [1.82, 2.24) is 8.75 Å². The number of halogens is 1. The van der Waals surface area contributed by atoms with Gasteiger partial charge in [-0.2, -0.15) is 8.75 Å². The van der Waals surface area contributed by atoms with Crippen LogP contribution in [0.15, 0.2) is 6.20 Å². The first kappa shape index (κ1) is 5.18. The monoisotopic (exact) mass is 178 g/mol. The van der Waals surface area contributed by atoms with E-state index in [0.717, 1.165) is 11.0 Å². The highest BCUT2D eigenvalue weighted by Gasteiger charge is 1.87. The average Bonchev–Trinajstić information content (AvgIpc) is 2.14. The molecule has 2 nitrogen and oxygen atoms in total. The molecule has 0 atom stereocenters. The Morgan fingerprint density at radius 2 is 2.71 bits per heavy atom. The molecule has 0 amide bonds. The highest BCUT2D eigenvalue weighted by atomic mass is 79.9. The van der Waals surface area contributed by atoms with Crippen LogP contribution < -0.4 is 0 Å². The SMILES string of the molecule is BrCc1cnsn1. The van der Waals surface area contributed by atoms with E-state index in [1.54, 1.807) is 6.20 Å². The molecule has 4 heteroatoms. The number of hydrogen-bond donors (Lipinski definition) is 0. The molecule has 0 aromatic carbocycles. The zero-order valence-corrected chi connectivity index (χ0v) is 5.87. The minimum atomic E-state index is 0.809. The minimum Gasteiger partial charge on any atom is -0.181 e. The Morgan fingerprint density at radius 3 is 3.00 bits per heavy atom. The summed E-state index contributed by atoms with van der Waals surface area (Å²) in [6.45, 7) is 0. The van der Waals surface area contributed by atoms with Crippen LogP contribution in [0.2, 0.25) is 0 Å². The fourth-order valence-corrected chi connectivity index (χ4v) is 1.11. The molecule has 7 heavy (non-hydrogen) atoms. The molecule has 1 aromatic rings. The molecule has 0 bridgehead atoms. The van der Waals surface area contributed by atoms with Gasteiger partial charge in [0.2, 0.25) is 0 Å². The van der Waals surface area contributed by atoms with Gasteiger partial charge in [0.1, 0.15) is 0 Å². The topological polar surface area (TPSA) is 25.8 Å². The van der Waals surface area contributed by atoms with Gasteiger partial charge in [0.05, 0.1) is 23.6 Å². The molecule has 0 fully saturated rings. The quantitative estimate of drug-likeness (QED) is 0.609. The maximum atomic E-state index is 3.92. The van der Waals surface area contributed by atoms with Crippen LogP contribution in [0.3, 0.4) is 0 Å². The third kappa shape index (κ3) is 1.21. The lowest BCUT2D eigenvalue weighted by Gasteiger charge is -1.73. The predicted molar refractivity (Wildman–Crippen MR) is 32.5 cm³/mol. The van der Waals surface area contributed by atoms with Crippen LogP contribution in [-0.2, 0) is 5.33 Å². The summed E-state index contributed by atoms with van der Waals surface area (Å²) in [6, 6.07) is 0. The fourth-order valence-electron chi connectivity index (χ4n) is 0.243. The molecule has 0 N–H and O–H groups in total. The second kappa shape index (κ2) is 2.37. The summed E-state index contributed by atoms with van der Waals surface area (Å²) in [7, 11) is 0. The van der Waals surface area contributed by atoms with Crippen molar-refractivity contribution in [2.24, 2.45) is 0 Å². The standard InChI is InChI=1S/C3H3BrN2S/c4-1-3-2-5-7-6-3/h2H,1H2. The fraction of sp³-hybridized carbons (Fsp3) is 0.333. The third-order valence-corrected chi connectivity index (χ3v) is 1.63. The second-order valence-corrected chi connectivity index (χ2v) is 2.15. The molecule has 1 aromatic heterocycles. The Balaban J connectivity index is 2.76. The number of alkyl halides is 1. The van der Waals surface area contributed by atoms with E-state index in [1.807, 2.05) is 0 Å². The Kier molecular flexibility index (Phi) is 1.76. The van der Waals surface area contributed by atoms with Crippen LogP contribution in [0.4, 0.5) is 0 Å². The molecule has 0 unspecified atom stereocenters. The minimum absolute atomic E-state index is 0.809. The smallest absolute Gasteiger partial charge is 0.0848 e. The van der Waals surface area contributed by atoms with Gasteiger partial charge in [0, 0.05) is 5.33 Å². The Hall–Kier alpha value is 0.0400. The van der Waals surface area contributed by atoms with Gasteiger partial charge in [0.15, 0.2) is 0 Å². The van der Waals surface area contributed by atoms with E-state index in [9.17, 15) is 0 Å². The average molecular weight is 179 g/mol. The van der Waals surface area contributed by atoms with Gasteiger partial charge >= 0.3 is 0 Å². The molecule has 0 aliphatic heterocycles. The van der Waals surface area contributed by atoms with E-state index >= 15 is 0 Å². The number of nitrogens with zero attached hydrogens (tertiary/aromatic N) is 2. The summed E-state index contributed by atoms with van der Waals surface area (Å²) in [6.07, 6.45) is 1.75. The lowest BCUT2D eigenvalue weighted by Crippen LogP contribution is -1.68. The van der Waals surface area contributed by atoms with Crippen molar-refractivity contribution in [3.05, 3.63) is 11.9 Å². The van der Waals surface area contributed by atoms with Crippen molar-refractivity contribution < 1.29 is 0 Å². The van der Waals surface area contributed by atoms with Crippen molar-refractivity contribution in [2.75, 3.05) is 0 Å². The van der Waals surface area contributed by atoms with Gasteiger partial charge in [0.25, 0.3) is 0 Å². The zero-order chi connectivity index (χ0) is 5.11. The molecule has 0 aliphatic rings. The predicted octanol–water partition coefficient (Wildman–Crippen LogP) is 1.43. The van der Waals surface area contributed by atoms with Crippen molar-refractivity contribution in [3.8, 4) is 0 Å². The van der Waals surface area contributed by atoms with Crippen LogP contribution >= 0.6 is 27.7 Å². The molecule has 0 aliphatic carbocycles. The maximum Gasteiger partial charge on any atom is 0.0848 e. The van der Waals surface area contributed by atoms with Crippen molar-refractivity contribution in [2.45, 2.75) is 5.33 Å². The first-order valence-electron chi connectivity index (χ1n) is 1.76. The van der Waals surface area contributed by atoms with E-state index in [-0.39, 0.29) is 0 Å². The summed E-state index contributed by atoms with van der Waals surface area (Å²) < 4.78 is 7.71. The largest absolute Gasteiger partial charge is 0.181 e. The van der Waals surface area contributed by atoms with E-state index < -0.39 is 0 Å². The summed E-state index contributed by atoms with van der Waals surface area (Å²) >= 11 is 4.47.